The van der Waals surface area contributed by atoms with E-state index in [0.717, 1.165) is 34.9 Å². The smallest absolute Gasteiger partial charge is 0.227 e. The summed E-state index contributed by atoms with van der Waals surface area (Å²) in [6.07, 6.45) is 5.04. The molecular weight excluding hydrogens is 350 g/mol. The van der Waals surface area contributed by atoms with E-state index < -0.39 is 0 Å². The first-order chi connectivity index (χ1) is 12.6. The summed E-state index contributed by atoms with van der Waals surface area (Å²) < 4.78 is 0. The number of hydrogen-bond acceptors (Lipinski definition) is 6. The second-order valence-electron chi connectivity index (χ2n) is 7.11. The van der Waals surface area contributed by atoms with Gasteiger partial charge >= 0.3 is 0 Å². The molecule has 2 amide bonds. The molecule has 0 aromatic carbocycles. The molecule has 8 heteroatoms. The van der Waals surface area contributed by atoms with Gasteiger partial charge in [0.1, 0.15) is 10.3 Å². The molecule has 0 unspecified atom stereocenters. The third-order valence-corrected chi connectivity index (χ3v) is 6.45. The van der Waals surface area contributed by atoms with Crippen LogP contribution in [0.2, 0.25) is 0 Å². The first-order valence-corrected chi connectivity index (χ1v) is 9.98. The molecule has 26 heavy (non-hydrogen) atoms. The number of nitrogens with zero attached hydrogens (tertiary/aromatic N) is 4. The summed E-state index contributed by atoms with van der Waals surface area (Å²) in [7, 11) is 0. The summed E-state index contributed by atoms with van der Waals surface area (Å²) >= 11 is 1.58. The highest BCUT2D eigenvalue weighted by Crippen LogP contribution is 2.31. The largest absolute Gasteiger partial charge is 0.369 e. The van der Waals surface area contributed by atoms with Crippen molar-refractivity contribution in [2.75, 3.05) is 31.1 Å². The second kappa shape index (κ2) is 7.19. The van der Waals surface area contributed by atoms with Crippen molar-refractivity contribution in [2.24, 2.45) is 17.6 Å². The number of nitrogens with two attached hydrogens (primary N) is 1. The van der Waals surface area contributed by atoms with E-state index in [9.17, 15) is 9.59 Å². The van der Waals surface area contributed by atoms with E-state index in [0.29, 0.717) is 32.5 Å². The van der Waals surface area contributed by atoms with Crippen molar-refractivity contribution >= 4 is 38.6 Å². The van der Waals surface area contributed by atoms with E-state index in [4.69, 9.17) is 5.73 Å². The molecule has 0 aliphatic carbocycles. The second-order valence-corrected chi connectivity index (χ2v) is 8.07. The van der Waals surface area contributed by atoms with Gasteiger partial charge in [0.05, 0.1) is 5.92 Å². The highest BCUT2D eigenvalue weighted by atomic mass is 32.1. The van der Waals surface area contributed by atoms with E-state index in [1.807, 2.05) is 17.0 Å². The molecule has 4 rings (SSSR count). The van der Waals surface area contributed by atoms with Crippen LogP contribution < -0.4 is 10.6 Å². The molecule has 2 aromatic rings. The number of anilines is 1. The summed E-state index contributed by atoms with van der Waals surface area (Å²) in [5, 5.41) is 0.948. The van der Waals surface area contributed by atoms with Crippen molar-refractivity contribution in [3.63, 3.8) is 0 Å². The van der Waals surface area contributed by atoms with Crippen LogP contribution in [0, 0.1) is 11.8 Å². The lowest BCUT2D eigenvalue weighted by molar-refractivity contribution is -0.138. The van der Waals surface area contributed by atoms with Gasteiger partial charge in [0, 0.05) is 38.3 Å². The number of rotatable bonds is 3. The number of carbonyl (C=O) groups excluding carboxylic acids is 2. The van der Waals surface area contributed by atoms with Crippen LogP contribution in [0.15, 0.2) is 18.3 Å². The van der Waals surface area contributed by atoms with Gasteiger partial charge in [-0.05, 0) is 37.8 Å². The Morgan fingerprint density at radius 2 is 1.96 bits per heavy atom. The first kappa shape index (κ1) is 17.2. The van der Waals surface area contributed by atoms with Crippen molar-refractivity contribution in [1.82, 2.24) is 14.9 Å². The van der Waals surface area contributed by atoms with Gasteiger partial charge in [-0.1, -0.05) is 11.3 Å². The minimum atomic E-state index is -0.245. The predicted molar refractivity (Wildman–Crippen MR) is 101 cm³/mol. The summed E-state index contributed by atoms with van der Waals surface area (Å²) in [6, 6.07) is 3.86. The Kier molecular flexibility index (Phi) is 4.76. The van der Waals surface area contributed by atoms with Crippen LogP contribution in [0.5, 0.6) is 0 Å². The number of aromatic nitrogens is 2. The maximum atomic E-state index is 12.9. The Balaban J connectivity index is 1.41. The molecule has 138 valence electrons. The lowest BCUT2D eigenvalue weighted by Crippen LogP contribution is -2.48. The van der Waals surface area contributed by atoms with E-state index >= 15 is 0 Å². The quantitative estimate of drug-likeness (QED) is 0.883. The number of carbonyl (C=O) groups is 2. The van der Waals surface area contributed by atoms with Gasteiger partial charge in [-0.2, -0.15) is 0 Å². The number of thiazole rings is 1. The Labute approximate surface area is 156 Å². The summed E-state index contributed by atoms with van der Waals surface area (Å²) in [5.41, 5.74) is 6.30. The standard InChI is InChI=1S/C18H23N5O2S/c19-15(24)12-5-9-22(10-6-12)17(25)13-3-2-8-23(11-13)18-21-14-4-1-7-20-16(14)26-18/h1,4,7,12-13H,2-3,5-6,8-11H2,(H2,19,24)/t13-/m0/s1. The van der Waals surface area contributed by atoms with E-state index in [-0.39, 0.29) is 23.7 Å². The number of hydrogen-bond donors (Lipinski definition) is 1. The molecule has 1 atom stereocenters. The number of primary amides is 1. The summed E-state index contributed by atoms with van der Waals surface area (Å²) in [4.78, 5) is 38.3. The predicted octanol–water partition coefficient (Wildman–Crippen LogP) is 1.63. The number of piperidine rings is 2. The Morgan fingerprint density at radius 1 is 1.15 bits per heavy atom. The molecule has 0 bridgehead atoms. The monoisotopic (exact) mass is 373 g/mol. The van der Waals surface area contributed by atoms with Crippen molar-refractivity contribution in [1.29, 1.82) is 0 Å². The Bertz CT molecular complexity index is 782. The minimum Gasteiger partial charge on any atom is -0.369 e. The number of likely N-dealkylation sites (tertiary alicyclic amines) is 1. The molecule has 4 heterocycles. The van der Waals surface area contributed by atoms with E-state index in [2.05, 4.69) is 14.9 Å². The molecule has 2 fully saturated rings. The molecule has 2 N–H and O–H groups in total. The van der Waals surface area contributed by atoms with Crippen molar-refractivity contribution in [3.05, 3.63) is 18.3 Å². The lowest BCUT2D eigenvalue weighted by atomic mass is 9.92. The maximum absolute atomic E-state index is 12.9. The first-order valence-electron chi connectivity index (χ1n) is 9.16. The molecule has 0 saturated carbocycles. The fourth-order valence-electron chi connectivity index (χ4n) is 3.89. The normalized spacial score (nSPS) is 21.9. The summed E-state index contributed by atoms with van der Waals surface area (Å²) in [6.45, 7) is 2.89. The van der Waals surface area contributed by atoms with Crippen LogP contribution in [0.3, 0.4) is 0 Å². The van der Waals surface area contributed by atoms with Gasteiger partial charge in [0.2, 0.25) is 11.8 Å². The lowest BCUT2D eigenvalue weighted by Gasteiger charge is -2.37. The Hall–Kier alpha value is -2.22. The molecule has 0 radical (unpaired) electrons. The highest BCUT2D eigenvalue weighted by molar-refractivity contribution is 7.21. The fourth-order valence-corrected chi connectivity index (χ4v) is 4.83. The number of fused-ring (bicyclic) bond motifs is 1. The van der Waals surface area contributed by atoms with Crippen LogP contribution in [-0.2, 0) is 9.59 Å². The van der Waals surface area contributed by atoms with Crippen LogP contribution in [0.1, 0.15) is 25.7 Å². The zero-order valence-corrected chi connectivity index (χ0v) is 15.5. The SMILES string of the molecule is NC(=O)C1CCN(C(=O)[C@H]2CCCN(c3nc4cccnc4s3)C2)CC1. The zero-order valence-electron chi connectivity index (χ0n) is 14.6. The third-order valence-electron chi connectivity index (χ3n) is 5.41. The molecule has 0 spiro atoms. The van der Waals surface area contributed by atoms with E-state index in [1.54, 1.807) is 17.5 Å². The molecule has 7 nitrogen and oxygen atoms in total. The van der Waals surface area contributed by atoms with Crippen LogP contribution in [0.4, 0.5) is 5.13 Å². The molecule has 2 aromatic heterocycles. The van der Waals surface area contributed by atoms with Crippen LogP contribution in [-0.4, -0.2) is 52.9 Å². The van der Waals surface area contributed by atoms with Gasteiger partial charge in [0.15, 0.2) is 5.13 Å². The Morgan fingerprint density at radius 3 is 2.69 bits per heavy atom. The molecule has 2 aliphatic rings. The molecule has 2 saturated heterocycles. The topological polar surface area (TPSA) is 92.4 Å². The van der Waals surface area contributed by atoms with Gasteiger partial charge < -0.3 is 15.5 Å². The van der Waals surface area contributed by atoms with Gasteiger partial charge in [-0.3, -0.25) is 9.59 Å². The maximum Gasteiger partial charge on any atom is 0.227 e. The fraction of sp³-hybridized carbons (Fsp3) is 0.556. The zero-order chi connectivity index (χ0) is 18.1. The average molecular weight is 373 g/mol. The van der Waals surface area contributed by atoms with Crippen molar-refractivity contribution in [3.8, 4) is 0 Å². The number of amides is 2. The third kappa shape index (κ3) is 3.38. The molecular formula is C18H23N5O2S. The minimum absolute atomic E-state index is 0.00569. The average Bonchev–Trinajstić information content (AvgIpc) is 3.12. The van der Waals surface area contributed by atoms with Crippen LogP contribution >= 0.6 is 11.3 Å². The van der Waals surface area contributed by atoms with Gasteiger partial charge in [-0.25, -0.2) is 9.97 Å². The number of pyridine rings is 1. The van der Waals surface area contributed by atoms with E-state index in [1.165, 1.54) is 0 Å². The molecule has 2 aliphatic heterocycles. The highest BCUT2D eigenvalue weighted by Gasteiger charge is 2.33. The van der Waals surface area contributed by atoms with Crippen LogP contribution in [0.25, 0.3) is 10.3 Å². The van der Waals surface area contributed by atoms with Crippen molar-refractivity contribution in [2.45, 2.75) is 25.7 Å². The summed E-state index contributed by atoms with van der Waals surface area (Å²) in [5.74, 6) is -0.131. The van der Waals surface area contributed by atoms with Gasteiger partial charge in [-0.15, -0.1) is 0 Å². The van der Waals surface area contributed by atoms with Crippen molar-refractivity contribution < 1.29 is 9.59 Å². The van der Waals surface area contributed by atoms with Gasteiger partial charge in [0.25, 0.3) is 0 Å².